The van der Waals surface area contributed by atoms with E-state index in [0.717, 1.165) is 26.1 Å². The molecule has 1 aromatic rings. The van der Waals surface area contributed by atoms with Crippen molar-refractivity contribution in [3.05, 3.63) is 30.1 Å². The Hall–Kier alpha value is -1.37. The topological polar surface area (TPSA) is 28.2 Å². The molecule has 1 N–H and O–H groups in total. The SMILES string of the molecule is C#CCNCCN(C)CCc1ccncc1. The smallest absolute Gasteiger partial charge is 0.0574 e. The molecule has 0 radical (unpaired) electrons. The monoisotopic (exact) mass is 217 g/mol. The lowest BCUT2D eigenvalue weighted by Gasteiger charge is -2.16. The first-order chi connectivity index (χ1) is 7.83. The van der Waals surface area contributed by atoms with Crippen molar-refractivity contribution in [1.29, 1.82) is 0 Å². The van der Waals surface area contributed by atoms with Crippen LogP contribution in [-0.2, 0) is 6.42 Å². The van der Waals surface area contributed by atoms with Crippen LogP contribution in [0.1, 0.15) is 5.56 Å². The summed E-state index contributed by atoms with van der Waals surface area (Å²) in [6.07, 6.45) is 9.89. The van der Waals surface area contributed by atoms with Crippen LogP contribution < -0.4 is 5.32 Å². The molecule has 1 aromatic heterocycles. The minimum absolute atomic E-state index is 0.651. The van der Waals surface area contributed by atoms with Crippen LogP contribution in [0.25, 0.3) is 0 Å². The highest BCUT2D eigenvalue weighted by Gasteiger charge is 1.98. The summed E-state index contributed by atoms with van der Waals surface area (Å²) in [5.74, 6) is 2.56. The van der Waals surface area contributed by atoms with Gasteiger partial charge in [0.05, 0.1) is 6.54 Å². The predicted octanol–water partition coefficient (Wildman–Crippen LogP) is 0.779. The van der Waals surface area contributed by atoms with Gasteiger partial charge in [-0.1, -0.05) is 5.92 Å². The van der Waals surface area contributed by atoms with E-state index in [1.807, 2.05) is 12.4 Å². The lowest BCUT2D eigenvalue weighted by molar-refractivity contribution is 0.338. The van der Waals surface area contributed by atoms with Gasteiger partial charge in [-0.05, 0) is 31.2 Å². The first kappa shape index (κ1) is 12.7. The molecule has 0 unspecified atom stereocenters. The maximum absolute atomic E-state index is 5.15. The van der Waals surface area contributed by atoms with Gasteiger partial charge in [-0.25, -0.2) is 0 Å². The van der Waals surface area contributed by atoms with Gasteiger partial charge in [0.2, 0.25) is 0 Å². The summed E-state index contributed by atoms with van der Waals surface area (Å²) in [6.45, 7) is 3.67. The molecule has 0 saturated carbocycles. The van der Waals surface area contributed by atoms with Crippen LogP contribution in [0.5, 0.6) is 0 Å². The molecular formula is C13H19N3. The summed E-state index contributed by atoms with van der Waals surface area (Å²) in [5, 5.41) is 3.18. The number of likely N-dealkylation sites (N-methyl/N-ethyl adjacent to an activating group) is 1. The number of terminal acetylenes is 1. The van der Waals surface area contributed by atoms with Gasteiger partial charge in [0.25, 0.3) is 0 Å². The fourth-order valence-corrected chi connectivity index (χ4v) is 1.41. The van der Waals surface area contributed by atoms with Gasteiger partial charge < -0.3 is 10.2 Å². The molecule has 1 heterocycles. The van der Waals surface area contributed by atoms with Gasteiger partial charge in [-0.15, -0.1) is 6.42 Å². The molecular weight excluding hydrogens is 198 g/mol. The standard InChI is InChI=1S/C13H19N3/c1-3-7-14-10-12-16(2)11-6-13-4-8-15-9-5-13/h1,4-5,8-9,14H,6-7,10-12H2,2H3. The Morgan fingerprint density at radius 3 is 2.81 bits per heavy atom. The number of pyridine rings is 1. The van der Waals surface area contributed by atoms with Crippen LogP contribution in [-0.4, -0.2) is 43.1 Å². The van der Waals surface area contributed by atoms with E-state index in [1.165, 1.54) is 5.56 Å². The van der Waals surface area contributed by atoms with Crippen molar-refractivity contribution in [1.82, 2.24) is 15.2 Å². The van der Waals surface area contributed by atoms with Crippen molar-refractivity contribution in [3.8, 4) is 12.3 Å². The Kier molecular flexibility index (Phi) is 6.24. The second-order valence-electron chi connectivity index (χ2n) is 3.79. The largest absolute Gasteiger partial charge is 0.305 e. The maximum atomic E-state index is 5.15. The number of hydrogen-bond donors (Lipinski definition) is 1. The van der Waals surface area contributed by atoms with E-state index < -0.39 is 0 Å². The molecule has 0 fully saturated rings. The highest BCUT2D eigenvalue weighted by molar-refractivity contribution is 5.09. The first-order valence-electron chi connectivity index (χ1n) is 5.54. The molecule has 0 aliphatic carbocycles. The third kappa shape index (κ3) is 5.50. The minimum atomic E-state index is 0.651. The normalized spacial score (nSPS) is 10.3. The minimum Gasteiger partial charge on any atom is -0.305 e. The number of hydrogen-bond acceptors (Lipinski definition) is 3. The Bertz CT molecular complexity index is 316. The van der Waals surface area contributed by atoms with E-state index in [-0.39, 0.29) is 0 Å². The van der Waals surface area contributed by atoms with Crippen LogP contribution in [0.2, 0.25) is 0 Å². The first-order valence-corrected chi connectivity index (χ1v) is 5.54. The lowest BCUT2D eigenvalue weighted by atomic mass is 10.2. The van der Waals surface area contributed by atoms with Gasteiger partial charge >= 0.3 is 0 Å². The van der Waals surface area contributed by atoms with E-state index in [1.54, 1.807) is 0 Å². The molecule has 0 saturated heterocycles. The number of aromatic nitrogens is 1. The van der Waals surface area contributed by atoms with Crippen LogP contribution in [0.3, 0.4) is 0 Å². The molecule has 1 rings (SSSR count). The summed E-state index contributed by atoms with van der Waals surface area (Å²) < 4.78 is 0. The fourth-order valence-electron chi connectivity index (χ4n) is 1.41. The van der Waals surface area contributed by atoms with E-state index in [4.69, 9.17) is 6.42 Å². The quantitative estimate of drug-likeness (QED) is 0.540. The highest BCUT2D eigenvalue weighted by atomic mass is 15.1. The van der Waals surface area contributed by atoms with E-state index in [2.05, 4.69) is 40.3 Å². The molecule has 3 nitrogen and oxygen atoms in total. The van der Waals surface area contributed by atoms with Crippen molar-refractivity contribution >= 4 is 0 Å². The Balaban J connectivity index is 2.11. The lowest BCUT2D eigenvalue weighted by Crippen LogP contribution is -2.30. The molecule has 3 heteroatoms. The van der Waals surface area contributed by atoms with E-state index >= 15 is 0 Å². The van der Waals surface area contributed by atoms with Crippen molar-refractivity contribution in [3.63, 3.8) is 0 Å². The zero-order valence-corrected chi connectivity index (χ0v) is 9.82. The van der Waals surface area contributed by atoms with Crippen molar-refractivity contribution in [2.45, 2.75) is 6.42 Å². The molecule has 0 bridgehead atoms. The molecule has 0 amide bonds. The van der Waals surface area contributed by atoms with Crippen LogP contribution in [0.4, 0.5) is 0 Å². The number of nitrogens with zero attached hydrogens (tertiary/aromatic N) is 2. The Morgan fingerprint density at radius 2 is 2.12 bits per heavy atom. The Labute approximate surface area is 97.9 Å². The molecule has 0 spiro atoms. The summed E-state index contributed by atoms with van der Waals surface area (Å²) in [7, 11) is 2.12. The van der Waals surface area contributed by atoms with Crippen LogP contribution in [0.15, 0.2) is 24.5 Å². The average Bonchev–Trinajstić information content (AvgIpc) is 2.33. The molecule has 0 atom stereocenters. The van der Waals surface area contributed by atoms with Gasteiger partial charge in [-0.2, -0.15) is 0 Å². The Morgan fingerprint density at radius 1 is 1.38 bits per heavy atom. The molecule has 86 valence electrons. The van der Waals surface area contributed by atoms with Crippen molar-refractivity contribution < 1.29 is 0 Å². The third-order valence-electron chi connectivity index (χ3n) is 2.43. The van der Waals surface area contributed by atoms with Gasteiger partial charge in [0.1, 0.15) is 0 Å². The zero-order valence-electron chi connectivity index (χ0n) is 9.82. The molecule has 0 aliphatic rings. The number of rotatable bonds is 7. The summed E-state index contributed by atoms with van der Waals surface area (Å²) in [6, 6.07) is 4.12. The van der Waals surface area contributed by atoms with Gasteiger partial charge in [0.15, 0.2) is 0 Å². The fraction of sp³-hybridized carbons (Fsp3) is 0.462. The van der Waals surface area contributed by atoms with Gasteiger partial charge in [0, 0.05) is 32.0 Å². The van der Waals surface area contributed by atoms with Crippen LogP contribution in [0, 0.1) is 12.3 Å². The second kappa shape index (κ2) is 7.86. The summed E-state index contributed by atoms with van der Waals surface area (Å²) in [4.78, 5) is 6.30. The molecule has 0 aromatic carbocycles. The third-order valence-corrected chi connectivity index (χ3v) is 2.43. The predicted molar refractivity (Wildman–Crippen MR) is 67.1 cm³/mol. The maximum Gasteiger partial charge on any atom is 0.0574 e. The summed E-state index contributed by atoms with van der Waals surface area (Å²) >= 11 is 0. The number of nitrogens with one attached hydrogen (secondary N) is 1. The van der Waals surface area contributed by atoms with E-state index in [0.29, 0.717) is 6.54 Å². The summed E-state index contributed by atoms with van der Waals surface area (Å²) in [5.41, 5.74) is 1.33. The molecule has 16 heavy (non-hydrogen) atoms. The van der Waals surface area contributed by atoms with Gasteiger partial charge in [-0.3, -0.25) is 4.98 Å². The van der Waals surface area contributed by atoms with Crippen molar-refractivity contribution in [2.24, 2.45) is 0 Å². The van der Waals surface area contributed by atoms with Crippen LogP contribution >= 0.6 is 0 Å². The molecule has 0 aliphatic heterocycles. The highest BCUT2D eigenvalue weighted by Crippen LogP contribution is 1.98. The zero-order chi connectivity index (χ0) is 11.6. The van der Waals surface area contributed by atoms with E-state index in [9.17, 15) is 0 Å². The van der Waals surface area contributed by atoms with Crippen molar-refractivity contribution in [2.75, 3.05) is 33.2 Å². The second-order valence-corrected chi connectivity index (χ2v) is 3.79. The average molecular weight is 217 g/mol.